The van der Waals surface area contributed by atoms with Crippen LogP contribution in [0.3, 0.4) is 0 Å². The van der Waals surface area contributed by atoms with Crippen molar-refractivity contribution in [2.45, 2.75) is 6.92 Å². The fourth-order valence-electron chi connectivity index (χ4n) is 1.63. The molecule has 0 aliphatic heterocycles. The third-order valence-electron chi connectivity index (χ3n) is 2.61. The molecule has 5 heteroatoms. The van der Waals surface area contributed by atoms with E-state index in [4.69, 9.17) is 11.6 Å². The molecule has 98 valence electrons. The van der Waals surface area contributed by atoms with Crippen LogP contribution >= 0.6 is 27.5 Å². The molecule has 1 N–H and O–H groups in total. The maximum absolute atomic E-state index is 13.0. The van der Waals surface area contributed by atoms with E-state index in [0.717, 1.165) is 5.56 Å². The van der Waals surface area contributed by atoms with Gasteiger partial charge in [0.05, 0.1) is 5.56 Å². The third-order valence-corrected chi connectivity index (χ3v) is 3.50. The Morgan fingerprint density at radius 1 is 1.26 bits per heavy atom. The third kappa shape index (κ3) is 3.33. The Hall–Kier alpha value is -1.39. The Bertz CT molecular complexity index is 645. The number of carbonyl (C=O) groups is 1. The van der Waals surface area contributed by atoms with Crippen LogP contribution in [0.5, 0.6) is 0 Å². The van der Waals surface area contributed by atoms with Gasteiger partial charge in [0.2, 0.25) is 0 Å². The lowest BCUT2D eigenvalue weighted by Gasteiger charge is -2.09. The average molecular weight is 343 g/mol. The van der Waals surface area contributed by atoms with Crippen molar-refractivity contribution in [3.05, 3.63) is 62.8 Å². The molecule has 0 unspecified atom stereocenters. The first-order valence-electron chi connectivity index (χ1n) is 5.50. The Morgan fingerprint density at radius 3 is 2.63 bits per heavy atom. The van der Waals surface area contributed by atoms with Crippen LogP contribution in [-0.4, -0.2) is 5.91 Å². The maximum Gasteiger partial charge on any atom is 0.256 e. The van der Waals surface area contributed by atoms with E-state index in [0.29, 0.717) is 20.7 Å². The lowest BCUT2D eigenvalue weighted by atomic mass is 10.1. The molecule has 0 atom stereocenters. The second-order valence-electron chi connectivity index (χ2n) is 4.04. The summed E-state index contributed by atoms with van der Waals surface area (Å²) < 4.78 is 13.4. The summed E-state index contributed by atoms with van der Waals surface area (Å²) in [6.45, 7) is 1.85. The largest absolute Gasteiger partial charge is 0.322 e. The average Bonchev–Trinajstić information content (AvgIpc) is 2.32. The number of nitrogens with one attached hydrogen (secondary N) is 1. The molecule has 0 heterocycles. The van der Waals surface area contributed by atoms with E-state index in [-0.39, 0.29) is 5.91 Å². The van der Waals surface area contributed by atoms with Crippen LogP contribution < -0.4 is 5.32 Å². The molecule has 2 aromatic rings. The highest BCUT2D eigenvalue weighted by atomic mass is 79.9. The molecule has 0 spiro atoms. The summed E-state index contributed by atoms with van der Waals surface area (Å²) in [6, 6.07) is 9.12. The molecule has 0 aliphatic carbocycles. The molecular weight excluding hydrogens is 333 g/mol. The smallest absolute Gasteiger partial charge is 0.256 e. The second-order valence-corrected chi connectivity index (χ2v) is 5.33. The summed E-state index contributed by atoms with van der Waals surface area (Å²) in [5.41, 5.74) is 1.90. The van der Waals surface area contributed by atoms with Crippen LogP contribution in [0.15, 0.2) is 40.9 Å². The summed E-state index contributed by atoms with van der Waals surface area (Å²) in [7, 11) is 0. The fraction of sp³-hybridized carbons (Fsp3) is 0.0714. The van der Waals surface area contributed by atoms with Crippen molar-refractivity contribution in [3.8, 4) is 0 Å². The number of aryl methyl sites for hydroxylation is 1. The molecule has 0 fully saturated rings. The van der Waals surface area contributed by atoms with Crippen molar-refractivity contribution in [2.24, 2.45) is 0 Å². The Balaban J connectivity index is 2.25. The first-order valence-corrected chi connectivity index (χ1v) is 6.67. The van der Waals surface area contributed by atoms with Crippen LogP contribution in [0.1, 0.15) is 15.9 Å². The topological polar surface area (TPSA) is 29.1 Å². The van der Waals surface area contributed by atoms with Crippen LogP contribution in [0.4, 0.5) is 10.1 Å². The zero-order chi connectivity index (χ0) is 14.0. The molecule has 2 rings (SSSR count). The number of halogens is 3. The molecule has 0 bridgehead atoms. The fourth-order valence-corrected chi connectivity index (χ4v) is 2.39. The van der Waals surface area contributed by atoms with Gasteiger partial charge in [-0.1, -0.05) is 11.6 Å². The number of hydrogen-bond acceptors (Lipinski definition) is 1. The lowest BCUT2D eigenvalue weighted by molar-refractivity contribution is 0.102. The van der Waals surface area contributed by atoms with E-state index in [1.807, 2.05) is 6.92 Å². The first-order chi connectivity index (χ1) is 8.97. The lowest BCUT2D eigenvalue weighted by Crippen LogP contribution is -2.13. The number of carbonyl (C=O) groups excluding carboxylic acids is 1. The van der Waals surface area contributed by atoms with Gasteiger partial charge in [0.1, 0.15) is 5.82 Å². The van der Waals surface area contributed by atoms with Crippen molar-refractivity contribution < 1.29 is 9.18 Å². The SMILES string of the molecule is Cc1cc(Cl)ccc1NC(=O)c1ccc(F)cc1Br. The highest BCUT2D eigenvalue weighted by molar-refractivity contribution is 9.10. The molecule has 1 amide bonds. The van der Waals surface area contributed by atoms with Gasteiger partial charge >= 0.3 is 0 Å². The first kappa shape index (κ1) is 14.0. The standard InChI is InChI=1S/C14H10BrClFNO/c1-8-6-9(16)2-5-13(8)18-14(19)11-4-3-10(17)7-12(11)15/h2-7H,1H3,(H,18,19). The van der Waals surface area contributed by atoms with Crippen LogP contribution in [-0.2, 0) is 0 Å². The summed E-state index contributed by atoms with van der Waals surface area (Å²) in [4.78, 5) is 12.1. The predicted octanol–water partition coefficient (Wildman–Crippen LogP) is 4.80. The van der Waals surface area contributed by atoms with Crippen LogP contribution in [0.25, 0.3) is 0 Å². The van der Waals surface area contributed by atoms with Crippen molar-refractivity contribution in [2.75, 3.05) is 5.32 Å². The van der Waals surface area contributed by atoms with Gasteiger partial charge in [-0.15, -0.1) is 0 Å². The molecule has 2 nitrogen and oxygen atoms in total. The molecule has 0 aliphatic rings. The number of amides is 1. The second kappa shape index (κ2) is 5.72. The Morgan fingerprint density at radius 2 is 2.00 bits per heavy atom. The zero-order valence-electron chi connectivity index (χ0n) is 10.0. The Labute approximate surface area is 123 Å². The molecule has 2 aromatic carbocycles. The minimum absolute atomic E-state index is 0.308. The van der Waals surface area contributed by atoms with Gasteiger partial charge in [-0.2, -0.15) is 0 Å². The molecule has 0 aromatic heterocycles. The molecule has 0 radical (unpaired) electrons. The van der Waals surface area contributed by atoms with Crippen molar-refractivity contribution in [3.63, 3.8) is 0 Å². The molecular formula is C14H10BrClFNO. The molecule has 0 saturated carbocycles. The monoisotopic (exact) mass is 341 g/mol. The van der Waals surface area contributed by atoms with Gasteiger partial charge in [0.25, 0.3) is 5.91 Å². The minimum Gasteiger partial charge on any atom is -0.322 e. The van der Waals surface area contributed by atoms with Crippen molar-refractivity contribution >= 4 is 39.1 Å². The summed E-state index contributed by atoms with van der Waals surface area (Å²) in [5.74, 6) is -0.705. The molecule has 19 heavy (non-hydrogen) atoms. The van der Waals surface area contributed by atoms with Crippen molar-refractivity contribution in [1.82, 2.24) is 0 Å². The highest BCUT2D eigenvalue weighted by Crippen LogP contribution is 2.23. The van der Waals surface area contributed by atoms with Crippen molar-refractivity contribution in [1.29, 1.82) is 0 Å². The summed E-state index contributed by atoms with van der Waals surface area (Å²) in [6.07, 6.45) is 0. The summed E-state index contributed by atoms with van der Waals surface area (Å²) in [5, 5.41) is 3.37. The van der Waals surface area contributed by atoms with Gasteiger partial charge in [-0.3, -0.25) is 4.79 Å². The normalized spacial score (nSPS) is 10.3. The minimum atomic E-state index is -0.397. The highest BCUT2D eigenvalue weighted by Gasteiger charge is 2.12. The zero-order valence-corrected chi connectivity index (χ0v) is 12.3. The van der Waals surface area contributed by atoms with E-state index >= 15 is 0 Å². The molecule has 0 saturated heterocycles. The Kier molecular flexibility index (Phi) is 4.22. The number of hydrogen-bond donors (Lipinski definition) is 1. The maximum atomic E-state index is 13.0. The number of benzene rings is 2. The van der Waals surface area contributed by atoms with E-state index in [9.17, 15) is 9.18 Å². The van der Waals surface area contributed by atoms with E-state index in [1.165, 1.54) is 18.2 Å². The van der Waals surface area contributed by atoms with Crippen LogP contribution in [0.2, 0.25) is 5.02 Å². The summed E-state index contributed by atoms with van der Waals surface area (Å²) >= 11 is 9.02. The van der Waals surface area contributed by atoms with Gasteiger partial charge in [-0.25, -0.2) is 4.39 Å². The number of rotatable bonds is 2. The van der Waals surface area contributed by atoms with Gasteiger partial charge < -0.3 is 5.32 Å². The van der Waals surface area contributed by atoms with Gasteiger partial charge in [0, 0.05) is 15.2 Å². The predicted molar refractivity (Wildman–Crippen MR) is 78.2 cm³/mol. The van der Waals surface area contributed by atoms with Gasteiger partial charge in [-0.05, 0) is 64.8 Å². The number of anilines is 1. The van der Waals surface area contributed by atoms with Gasteiger partial charge in [0.15, 0.2) is 0 Å². The van der Waals surface area contributed by atoms with E-state index < -0.39 is 5.82 Å². The van der Waals surface area contributed by atoms with Crippen LogP contribution in [0, 0.1) is 12.7 Å². The quantitative estimate of drug-likeness (QED) is 0.834. The van der Waals surface area contributed by atoms with E-state index in [1.54, 1.807) is 18.2 Å². The van der Waals surface area contributed by atoms with E-state index in [2.05, 4.69) is 21.2 Å².